The van der Waals surface area contributed by atoms with E-state index in [1.54, 1.807) is 30.1 Å². The van der Waals surface area contributed by atoms with Crippen LogP contribution in [0.4, 0.5) is 0 Å². The fraction of sp³-hybridized carbons (Fsp3) is 0.417. The second-order valence-electron chi connectivity index (χ2n) is 12.1. The van der Waals surface area contributed by atoms with E-state index in [0.29, 0.717) is 23.6 Å². The number of likely N-dealkylation sites (tertiary alicyclic amines) is 1. The molecule has 2 amide bonds. The summed E-state index contributed by atoms with van der Waals surface area (Å²) in [6.07, 6.45) is 16.9. The molecule has 0 spiro atoms. The van der Waals surface area contributed by atoms with E-state index in [1.807, 2.05) is 42.5 Å². The number of carbonyl (C=O) groups excluding carboxylic acids is 2. The molecular weight excluding hydrogens is 536 g/mol. The molecule has 3 aliphatic rings. The third-order valence-corrected chi connectivity index (χ3v) is 8.97. The highest BCUT2D eigenvalue weighted by molar-refractivity contribution is 5.96. The molecule has 0 saturated carbocycles. The van der Waals surface area contributed by atoms with Gasteiger partial charge in [0, 0.05) is 61.3 Å². The number of nitrogens with zero attached hydrogens (tertiary/aromatic N) is 2. The minimum absolute atomic E-state index is 0.0395. The zero-order valence-corrected chi connectivity index (χ0v) is 24.9. The third kappa shape index (κ3) is 7.34. The molecule has 0 radical (unpaired) electrons. The number of hydrogen-bond acceptors (Lipinski definition) is 5. The van der Waals surface area contributed by atoms with Gasteiger partial charge in [0.25, 0.3) is 5.91 Å². The fourth-order valence-corrected chi connectivity index (χ4v) is 6.56. The molecule has 1 aliphatic carbocycles. The van der Waals surface area contributed by atoms with Crippen LogP contribution in [-0.4, -0.2) is 47.4 Å². The Morgan fingerprint density at radius 1 is 0.907 bits per heavy atom. The summed E-state index contributed by atoms with van der Waals surface area (Å²) in [5.74, 6) is 0.505. The van der Waals surface area contributed by atoms with Crippen LogP contribution in [0.3, 0.4) is 0 Å². The minimum Gasteiger partial charge on any atom is -0.457 e. The van der Waals surface area contributed by atoms with Gasteiger partial charge >= 0.3 is 0 Å². The van der Waals surface area contributed by atoms with Crippen LogP contribution >= 0.6 is 0 Å². The number of aromatic nitrogens is 1. The zero-order valence-electron chi connectivity index (χ0n) is 24.9. The van der Waals surface area contributed by atoms with Crippen molar-refractivity contribution in [2.24, 2.45) is 0 Å². The standard InChI is InChI=1S/C36H42N4O3/c41-35(38-24-27-12-9-19-37-23-27)28-15-16-33-31(22-28)34(30-13-7-8-14-32(30)43-33)36(42)39-29-17-20-40(21-18-29)25-26-10-5-3-1-2-4-6-11-26/h7-10,12-16,19,22-23,29,34H,1-6,11,17-18,20-21,24-25H2,(H,38,41)(H,39,42)/b26-10+. The lowest BCUT2D eigenvalue weighted by Gasteiger charge is -2.34. The van der Waals surface area contributed by atoms with Crippen molar-refractivity contribution in [3.05, 3.63) is 101 Å². The largest absolute Gasteiger partial charge is 0.457 e. The predicted molar refractivity (Wildman–Crippen MR) is 168 cm³/mol. The number of para-hydroxylation sites is 1. The molecule has 224 valence electrons. The SMILES string of the molecule is O=C(NCc1cccnc1)c1ccc2c(c1)C(C(=O)NC1CCN(C/C3=C/CCCCCCC3)CC1)c1ccccc1O2. The van der Waals surface area contributed by atoms with Crippen molar-refractivity contribution in [2.75, 3.05) is 19.6 Å². The van der Waals surface area contributed by atoms with Gasteiger partial charge in [0.2, 0.25) is 5.91 Å². The second-order valence-corrected chi connectivity index (χ2v) is 12.1. The van der Waals surface area contributed by atoms with E-state index in [1.165, 1.54) is 44.9 Å². The highest BCUT2D eigenvalue weighted by Gasteiger charge is 2.35. The molecule has 7 nitrogen and oxygen atoms in total. The average molecular weight is 579 g/mol. The van der Waals surface area contributed by atoms with Crippen LogP contribution in [0.2, 0.25) is 0 Å². The molecule has 2 aromatic carbocycles. The first kappa shape index (κ1) is 29.1. The van der Waals surface area contributed by atoms with Crippen LogP contribution in [0.5, 0.6) is 11.5 Å². The first-order valence-corrected chi connectivity index (χ1v) is 15.9. The average Bonchev–Trinajstić information content (AvgIpc) is 3.17. The molecule has 2 aliphatic heterocycles. The number of nitrogens with one attached hydrogen (secondary N) is 2. The van der Waals surface area contributed by atoms with E-state index in [2.05, 4.69) is 26.6 Å². The van der Waals surface area contributed by atoms with Crippen LogP contribution < -0.4 is 15.4 Å². The lowest BCUT2D eigenvalue weighted by atomic mass is 9.85. The number of piperidine rings is 1. The maximum atomic E-state index is 14.0. The van der Waals surface area contributed by atoms with E-state index in [9.17, 15) is 9.59 Å². The first-order chi connectivity index (χ1) is 21.1. The molecule has 1 fully saturated rings. The van der Waals surface area contributed by atoms with Crippen molar-refractivity contribution in [2.45, 2.75) is 76.3 Å². The Labute approximate surface area is 254 Å². The molecule has 0 bridgehead atoms. The van der Waals surface area contributed by atoms with Gasteiger partial charge in [-0.15, -0.1) is 0 Å². The van der Waals surface area contributed by atoms with Crippen molar-refractivity contribution in [1.29, 1.82) is 0 Å². The van der Waals surface area contributed by atoms with Gasteiger partial charge in [0.1, 0.15) is 11.5 Å². The molecule has 1 aromatic heterocycles. The molecule has 1 atom stereocenters. The summed E-state index contributed by atoms with van der Waals surface area (Å²) in [5, 5.41) is 6.34. The summed E-state index contributed by atoms with van der Waals surface area (Å²) < 4.78 is 6.19. The van der Waals surface area contributed by atoms with Gasteiger partial charge in [0.05, 0.1) is 5.92 Å². The first-order valence-electron chi connectivity index (χ1n) is 15.9. The van der Waals surface area contributed by atoms with Gasteiger partial charge in [-0.05, 0) is 74.4 Å². The number of allylic oxidation sites excluding steroid dienone is 1. The van der Waals surface area contributed by atoms with Crippen LogP contribution in [0.1, 0.15) is 90.8 Å². The van der Waals surface area contributed by atoms with E-state index in [-0.39, 0.29) is 17.9 Å². The minimum atomic E-state index is -0.548. The molecule has 1 saturated heterocycles. The van der Waals surface area contributed by atoms with E-state index in [0.717, 1.165) is 49.2 Å². The summed E-state index contributed by atoms with van der Waals surface area (Å²) in [6.45, 7) is 3.42. The Kier molecular flexibility index (Phi) is 9.48. The van der Waals surface area contributed by atoms with E-state index < -0.39 is 5.92 Å². The van der Waals surface area contributed by atoms with Crippen molar-refractivity contribution >= 4 is 11.8 Å². The number of fused-ring (bicyclic) bond motifs is 2. The van der Waals surface area contributed by atoms with Gasteiger partial charge in [-0.3, -0.25) is 19.5 Å². The van der Waals surface area contributed by atoms with Crippen molar-refractivity contribution < 1.29 is 14.3 Å². The number of carbonyl (C=O) groups is 2. The molecule has 6 rings (SSSR count). The highest BCUT2D eigenvalue weighted by Crippen LogP contribution is 2.44. The fourth-order valence-electron chi connectivity index (χ4n) is 6.56. The Morgan fingerprint density at radius 3 is 2.58 bits per heavy atom. The summed E-state index contributed by atoms with van der Waals surface area (Å²) >= 11 is 0. The molecule has 3 aromatic rings. The highest BCUT2D eigenvalue weighted by atomic mass is 16.5. The monoisotopic (exact) mass is 578 g/mol. The summed E-state index contributed by atoms with van der Waals surface area (Å²) in [7, 11) is 0. The maximum absolute atomic E-state index is 14.0. The molecule has 3 heterocycles. The summed E-state index contributed by atoms with van der Waals surface area (Å²) in [5.41, 5.74) is 4.56. The number of amides is 2. The lowest BCUT2D eigenvalue weighted by Crippen LogP contribution is -2.46. The van der Waals surface area contributed by atoms with Gasteiger partial charge < -0.3 is 15.4 Å². The van der Waals surface area contributed by atoms with Gasteiger partial charge in [-0.25, -0.2) is 0 Å². The number of benzene rings is 2. The van der Waals surface area contributed by atoms with Gasteiger partial charge in [-0.1, -0.05) is 55.2 Å². The zero-order chi connectivity index (χ0) is 29.4. The number of rotatable bonds is 7. The van der Waals surface area contributed by atoms with Gasteiger partial charge in [0.15, 0.2) is 0 Å². The van der Waals surface area contributed by atoms with Crippen molar-refractivity contribution in [3.8, 4) is 11.5 Å². The Bertz CT molecular complexity index is 1450. The second kappa shape index (κ2) is 14.0. The number of hydrogen-bond donors (Lipinski definition) is 2. The van der Waals surface area contributed by atoms with Crippen LogP contribution in [-0.2, 0) is 11.3 Å². The van der Waals surface area contributed by atoms with Crippen LogP contribution in [0, 0.1) is 0 Å². The topological polar surface area (TPSA) is 83.6 Å². The molecule has 7 heteroatoms. The van der Waals surface area contributed by atoms with Crippen LogP contribution in [0.15, 0.2) is 78.6 Å². The Balaban J connectivity index is 1.12. The molecule has 2 N–H and O–H groups in total. The van der Waals surface area contributed by atoms with Crippen molar-refractivity contribution in [3.63, 3.8) is 0 Å². The van der Waals surface area contributed by atoms with Crippen molar-refractivity contribution in [1.82, 2.24) is 20.5 Å². The number of ether oxygens (including phenoxy) is 1. The molecule has 43 heavy (non-hydrogen) atoms. The van der Waals surface area contributed by atoms with E-state index >= 15 is 0 Å². The van der Waals surface area contributed by atoms with E-state index in [4.69, 9.17) is 4.74 Å². The predicted octanol–water partition coefficient (Wildman–Crippen LogP) is 6.50. The summed E-state index contributed by atoms with van der Waals surface area (Å²) in [4.78, 5) is 33.7. The Morgan fingerprint density at radius 2 is 1.72 bits per heavy atom. The van der Waals surface area contributed by atoms with Gasteiger partial charge in [-0.2, -0.15) is 0 Å². The third-order valence-electron chi connectivity index (χ3n) is 8.97. The maximum Gasteiger partial charge on any atom is 0.251 e. The Hall–Kier alpha value is -3.97. The quantitative estimate of drug-likeness (QED) is 0.313. The number of pyridine rings is 1. The smallest absolute Gasteiger partial charge is 0.251 e. The molecule has 1 unspecified atom stereocenters. The van der Waals surface area contributed by atoms with Crippen LogP contribution in [0.25, 0.3) is 0 Å². The summed E-state index contributed by atoms with van der Waals surface area (Å²) in [6, 6.07) is 17.0. The molecular formula is C36H42N4O3. The lowest BCUT2D eigenvalue weighted by molar-refractivity contribution is -0.122. The normalized spacial score (nSPS) is 20.6.